The van der Waals surface area contributed by atoms with Crippen molar-refractivity contribution in [3.63, 3.8) is 0 Å². The fraction of sp³-hybridized carbons (Fsp3) is 0.545. The van der Waals surface area contributed by atoms with Gasteiger partial charge in [-0.3, -0.25) is 0 Å². The zero-order valence-electron chi connectivity index (χ0n) is 10.6. The number of nitrogens with zero attached hydrogens (tertiary/aromatic N) is 3. The van der Waals surface area contributed by atoms with Crippen molar-refractivity contribution in [2.75, 3.05) is 19.0 Å². The minimum atomic E-state index is -1.85. The van der Waals surface area contributed by atoms with E-state index in [1.807, 2.05) is 0 Å². The quantitative estimate of drug-likeness (QED) is 0.444. The average molecular weight is 319 g/mol. The van der Waals surface area contributed by atoms with Crippen LogP contribution in [0.5, 0.6) is 0 Å². The van der Waals surface area contributed by atoms with Gasteiger partial charge < -0.3 is 20.7 Å². The van der Waals surface area contributed by atoms with Crippen LogP contribution in [0, 0.1) is 11.8 Å². The number of anilines is 1. The Kier molecular flexibility index (Phi) is 4.43. The summed E-state index contributed by atoms with van der Waals surface area (Å²) in [6.07, 6.45) is -2.83. The number of nitrogens with two attached hydrogens (primary N) is 1. The molecule has 10 heteroatoms. The fourth-order valence-electron chi connectivity index (χ4n) is 1.96. The Morgan fingerprint density at radius 2 is 2.38 bits per heavy atom. The maximum Gasteiger partial charge on any atom is 0.368 e. The number of ether oxygens (including phenoxy) is 1. The average Bonchev–Trinajstić information content (AvgIpc) is 2.70. The van der Waals surface area contributed by atoms with Gasteiger partial charge in [0.15, 0.2) is 11.1 Å². The van der Waals surface area contributed by atoms with Crippen LogP contribution >= 0.6 is 11.6 Å². The Bertz CT molecular complexity index is 645. The van der Waals surface area contributed by atoms with Crippen molar-refractivity contribution in [3.8, 4) is 11.8 Å². The number of aromatic nitrogens is 3. The zero-order valence-corrected chi connectivity index (χ0v) is 11.4. The van der Waals surface area contributed by atoms with E-state index in [1.165, 1.54) is 0 Å². The van der Waals surface area contributed by atoms with E-state index >= 15 is 0 Å². The molecule has 4 atom stereocenters. The third kappa shape index (κ3) is 2.71. The van der Waals surface area contributed by atoms with Crippen molar-refractivity contribution in [1.82, 2.24) is 14.8 Å². The molecule has 2 heterocycles. The number of hydrogen-bond acceptors (Lipinski definition) is 7. The lowest BCUT2D eigenvalue weighted by molar-refractivity contribution is -0.0512. The van der Waals surface area contributed by atoms with Crippen LogP contribution in [0.25, 0.3) is 0 Å². The number of alkyl halides is 2. The fourth-order valence-corrected chi connectivity index (χ4v) is 2.31. The molecule has 4 N–H and O–H groups in total. The molecule has 0 bridgehead atoms. The highest BCUT2D eigenvalue weighted by atomic mass is 35.5. The summed E-state index contributed by atoms with van der Waals surface area (Å²) in [7, 11) is 0. The van der Waals surface area contributed by atoms with Crippen LogP contribution in [0.3, 0.4) is 0 Å². The van der Waals surface area contributed by atoms with E-state index in [0.717, 1.165) is 10.9 Å². The van der Waals surface area contributed by atoms with E-state index < -0.39 is 42.3 Å². The number of nitrogen functional groups attached to an aromatic ring is 1. The van der Waals surface area contributed by atoms with Crippen molar-refractivity contribution < 1.29 is 19.3 Å². The number of halogens is 2. The van der Waals surface area contributed by atoms with Gasteiger partial charge in [0.1, 0.15) is 24.7 Å². The van der Waals surface area contributed by atoms with Crippen LogP contribution in [0.1, 0.15) is 6.23 Å². The lowest BCUT2D eigenvalue weighted by Crippen LogP contribution is -2.44. The van der Waals surface area contributed by atoms with Gasteiger partial charge in [0, 0.05) is 0 Å². The Morgan fingerprint density at radius 1 is 1.67 bits per heavy atom. The first kappa shape index (κ1) is 15.7. The van der Waals surface area contributed by atoms with Gasteiger partial charge in [0.25, 0.3) is 0 Å². The molecule has 21 heavy (non-hydrogen) atoms. The molecular weight excluding hydrogens is 307 g/mol. The van der Waals surface area contributed by atoms with Crippen LogP contribution < -0.4 is 11.4 Å². The summed E-state index contributed by atoms with van der Waals surface area (Å²) in [5, 5.41) is 23.0. The Balaban J connectivity index is 2.51. The second-order valence-electron chi connectivity index (χ2n) is 4.27. The molecule has 0 aliphatic carbocycles. The van der Waals surface area contributed by atoms with E-state index in [-0.39, 0.29) is 5.82 Å². The maximum absolute atomic E-state index is 12.3. The van der Waals surface area contributed by atoms with Gasteiger partial charge in [-0.05, 0) is 0 Å². The molecule has 1 unspecified atom stereocenters. The molecule has 114 valence electrons. The molecule has 0 spiro atoms. The normalized spacial score (nSPS) is 31.7. The molecule has 0 aromatic carbocycles. The highest BCUT2D eigenvalue weighted by Gasteiger charge is 2.56. The summed E-state index contributed by atoms with van der Waals surface area (Å²) < 4.78 is 18.3. The largest absolute Gasteiger partial charge is 0.394 e. The Morgan fingerprint density at radius 3 is 2.95 bits per heavy atom. The second-order valence-corrected chi connectivity index (χ2v) is 4.89. The van der Waals surface area contributed by atoms with Crippen molar-refractivity contribution in [1.29, 1.82) is 0 Å². The van der Waals surface area contributed by atoms with Gasteiger partial charge >= 0.3 is 5.69 Å². The Hall–Kier alpha value is -1.73. The minimum absolute atomic E-state index is 0.108. The van der Waals surface area contributed by atoms with Crippen molar-refractivity contribution >= 4 is 17.4 Å². The number of rotatable bonds is 2. The number of aliphatic hydroxyl groups excluding tert-OH is 2. The molecule has 1 aliphatic rings. The van der Waals surface area contributed by atoms with E-state index in [9.17, 15) is 14.3 Å². The molecule has 0 radical (unpaired) electrons. The van der Waals surface area contributed by atoms with E-state index in [2.05, 4.69) is 21.9 Å². The summed E-state index contributed by atoms with van der Waals surface area (Å²) in [4.78, 5) is 13.4. The molecule has 1 saturated heterocycles. The molecule has 1 aliphatic heterocycles. The molecule has 1 aromatic rings. The summed E-state index contributed by atoms with van der Waals surface area (Å²) >= 11 is 6.20. The SMILES string of the molecule is Nc1cnn([C@@H]2O[C@H](CO)[C@H](O)C2(Cl)C#CCF)c(=O)n1. The van der Waals surface area contributed by atoms with Gasteiger partial charge in [0.05, 0.1) is 12.8 Å². The summed E-state index contributed by atoms with van der Waals surface area (Å²) in [5.74, 6) is 4.28. The van der Waals surface area contributed by atoms with E-state index in [4.69, 9.17) is 27.2 Å². The Labute approximate surface area is 123 Å². The van der Waals surface area contributed by atoms with E-state index in [1.54, 1.807) is 0 Å². The summed E-state index contributed by atoms with van der Waals surface area (Å²) in [6.45, 7) is -1.57. The molecule has 2 rings (SSSR count). The van der Waals surface area contributed by atoms with Gasteiger partial charge in [-0.2, -0.15) is 14.8 Å². The van der Waals surface area contributed by atoms with E-state index in [0.29, 0.717) is 0 Å². The molecule has 8 nitrogen and oxygen atoms in total. The van der Waals surface area contributed by atoms with Crippen molar-refractivity contribution in [2.24, 2.45) is 0 Å². The molecule has 1 aromatic heterocycles. The van der Waals surface area contributed by atoms with Crippen LogP contribution in [-0.4, -0.2) is 55.3 Å². The summed E-state index contributed by atoms with van der Waals surface area (Å²) in [6, 6.07) is 0. The lowest BCUT2D eigenvalue weighted by Gasteiger charge is -2.24. The second kappa shape index (κ2) is 5.95. The van der Waals surface area contributed by atoms with Crippen molar-refractivity contribution in [3.05, 3.63) is 16.7 Å². The van der Waals surface area contributed by atoms with Gasteiger partial charge in [-0.1, -0.05) is 23.4 Å². The summed E-state index contributed by atoms with van der Waals surface area (Å²) in [5.41, 5.74) is 4.45. The topological polar surface area (TPSA) is 123 Å². The monoisotopic (exact) mass is 318 g/mol. The van der Waals surface area contributed by atoms with Crippen LogP contribution in [0.2, 0.25) is 0 Å². The van der Waals surface area contributed by atoms with Crippen LogP contribution in [0.4, 0.5) is 10.2 Å². The van der Waals surface area contributed by atoms with Crippen molar-refractivity contribution in [2.45, 2.75) is 23.3 Å². The number of aliphatic hydroxyl groups is 2. The maximum atomic E-state index is 12.3. The zero-order chi connectivity index (χ0) is 15.6. The van der Waals surface area contributed by atoms with Gasteiger partial charge in [-0.15, -0.1) is 0 Å². The smallest absolute Gasteiger partial charge is 0.368 e. The first-order chi connectivity index (χ1) is 9.93. The predicted octanol–water partition coefficient (Wildman–Crippen LogP) is -1.58. The molecule has 1 fully saturated rings. The standard InChI is InChI=1S/C11H12ClFN4O4/c12-11(2-1-3-13)8(19)6(5-18)21-9(11)17-10(20)16-7(14)4-15-17/h4,6,8-9,18-19H,3,5H2,(H2,14,16,20)/t6-,8+,9-,11?/m1/s1. The number of hydrogen-bond donors (Lipinski definition) is 3. The van der Waals surface area contributed by atoms with Gasteiger partial charge in [-0.25, -0.2) is 9.18 Å². The predicted molar refractivity (Wildman–Crippen MR) is 70.0 cm³/mol. The third-order valence-electron chi connectivity index (χ3n) is 2.93. The molecule has 0 amide bonds. The first-order valence-electron chi connectivity index (χ1n) is 5.84. The van der Waals surface area contributed by atoms with Crippen LogP contribution in [-0.2, 0) is 4.74 Å². The molecule has 0 saturated carbocycles. The van der Waals surface area contributed by atoms with Crippen LogP contribution in [0.15, 0.2) is 11.0 Å². The first-order valence-corrected chi connectivity index (χ1v) is 6.22. The highest BCUT2D eigenvalue weighted by Crippen LogP contribution is 2.42. The lowest BCUT2D eigenvalue weighted by atomic mass is 9.99. The van der Waals surface area contributed by atoms with Gasteiger partial charge in [0.2, 0.25) is 0 Å². The highest BCUT2D eigenvalue weighted by molar-refractivity contribution is 6.27. The molecular formula is C11H12ClFN4O4. The third-order valence-corrected chi connectivity index (χ3v) is 3.43. The minimum Gasteiger partial charge on any atom is -0.394 e.